The lowest BCUT2D eigenvalue weighted by Gasteiger charge is -2.18. The number of phenols is 1. The van der Waals surface area contributed by atoms with E-state index in [0.717, 1.165) is 16.7 Å². The van der Waals surface area contributed by atoms with Crippen LogP contribution in [-0.4, -0.2) is 40.9 Å². The van der Waals surface area contributed by atoms with E-state index in [1.54, 1.807) is 24.3 Å². The number of H-pyrrole nitrogens is 1. The molecule has 8 heteroatoms. The first-order valence-corrected chi connectivity index (χ1v) is 11.2. The molecule has 3 rings (SSSR count). The molecule has 1 heterocycles. The van der Waals surface area contributed by atoms with Crippen LogP contribution in [0.4, 0.5) is 0 Å². The van der Waals surface area contributed by atoms with Crippen molar-refractivity contribution in [2.24, 2.45) is 0 Å². The average molecular weight is 434 g/mol. The molecule has 0 spiro atoms. The summed E-state index contributed by atoms with van der Waals surface area (Å²) in [5, 5.41) is 10.3. The Kier molecular flexibility index (Phi) is 6.03. The molecule has 3 aromatic rings. The molecule has 0 aliphatic heterocycles. The standard InChI is InChI=1S/C21H24ClN3O3S/c1-5-25(6-2)29(27,28)16-7-8-18-19(12-16)24-21(23-18)17(22)11-15-9-13(3)20(26)14(4)10-15/h7-12,26H,5-6H2,1-4H3,(H,23,24). The Bertz CT molecular complexity index is 1170. The van der Waals surface area contributed by atoms with Crippen molar-refractivity contribution in [3.63, 3.8) is 0 Å². The minimum absolute atomic E-state index is 0.216. The molecule has 154 valence electrons. The van der Waals surface area contributed by atoms with Gasteiger partial charge in [-0.3, -0.25) is 0 Å². The van der Waals surface area contributed by atoms with Crippen molar-refractivity contribution in [2.75, 3.05) is 13.1 Å². The summed E-state index contributed by atoms with van der Waals surface area (Å²) in [6.45, 7) is 8.09. The molecule has 6 nitrogen and oxygen atoms in total. The number of imidazole rings is 1. The zero-order chi connectivity index (χ0) is 21.3. The Morgan fingerprint density at radius 2 is 1.79 bits per heavy atom. The minimum atomic E-state index is -3.55. The highest BCUT2D eigenvalue weighted by Gasteiger charge is 2.22. The van der Waals surface area contributed by atoms with Gasteiger partial charge in [-0.05, 0) is 66.9 Å². The lowest BCUT2D eigenvalue weighted by atomic mass is 10.1. The van der Waals surface area contributed by atoms with Gasteiger partial charge in [0.2, 0.25) is 10.0 Å². The Labute approximate surface area is 175 Å². The van der Waals surface area contributed by atoms with Gasteiger partial charge in [-0.25, -0.2) is 13.4 Å². The number of phenolic OH excluding ortho intramolecular Hbond substituents is 1. The first-order valence-electron chi connectivity index (χ1n) is 9.35. The van der Waals surface area contributed by atoms with Crippen LogP contribution in [0.5, 0.6) is 5.75 Å². The molecule has 0 radical (unpaired) electrons. The molecule has 29 heavy (non-hydrogen) atoms. The lowest BCUT2D eigenvalue weighted by molar-refractivity contribution is 0.445. The fourth-order valence-electron chi connectivity index (χ4n) is 3.26. The molecule has 0 aliphatic carbocycles. The number of sulfonamides is 1. The maximum atomic E-state index is 12.7. The van der Waals surface area contributed by atoms with Crippen LogP contribution in [0.2, 0.25) is 0 Å². The normalized spacial score (nSPS) is 12.8. The van der Waals surface area contributed by atoms with Crippen molar-refractivity contribution in [1.29, 1.82) is 0 Å². The van der Waals surface area contributed by atoms with Crippen LogP contribution in [0.1, 0.15) is 36.4 Å². The molecule has 0 bridgehead atoms. The molecule has 0 aliphatic rings. The van der Waals surface area contributed by atoms with E-state index in [0.29, 0.717) is 35.0 Å². The maximum absolute atomic E-state index is 12.7. The second-order valence-corrected chi connectivity index (χ2v) is 9.19. The number of rotatable bonds is 6. The predicted octanol–water partition coefficient (Wildman–Crippen LogP) is 4.65. The molecule has 0 atom stereocenters. The van der Waals surface area contributed by atoms with E-state index in [1.807, 2.05) is 39.8 Å². The Morgan fingerprint density at radius 1 is 1.17 bits per heavy atom. The van der Waals surface area contributed by atoms with Gasteiger partial charge < -0.3 is 10.1 Å². The summed E-state index contributed by atoms with van der Waals surface area (Å²) in [5.74, 6) is 0.714. The van der Waals surface area contributed by atoms with Crippen molar-refractivity contribution in [2.45, 2.75) is 32.6 Å². The van der Waals surface area contributed by atoms with Gasteiger partial charge in [0, 0.05) is 13.1 Å². The van der Waals surface area contributed by atoms with E-state index in [4.69, 9.17) is 11.6 Å². The molecule has 0 unspecified atom stereocenters. The van der Waals surface area contributed by atoms with Gasteiger partial charge >= 0.3 is 0 Å². The van der Waals surface area contributed by atoms with Gasteiger partial charge in [-0.1, -0.05) is 25.4 Å². The topological polar surface area (TPSA) is 86.3 Å². The van der Waals surface area contributed by atoms with Crippen molar-refractivity contribution in [3.8, 4) is 5.75 Å². The van der Waals surface area contributed by atoms with E-state index in [-0.39, 0.29) is 10.6 Å². The molecule has 2 N–H and O–H groups in total. The van der Waals surface area contributed by atoms with Gasteiger partial charge in [0.05, 0.1) is 21.0 Å². The number of hydrogen-bond donors (Lipinski definition) is 2. The second kappa shape index (κ2) is 8.18. The highest BCUT2D eigenvalue weighted by atomic mass is 35.5. The first kappa shape index (κ1) is 21.4. The minimum Gasteiger partial charge on any atom is -0.507 e. The van der Waals surface area contributed by atoms with Crippen molar-refractivity contribution >= 4 is 43.8 Å². The van der Waals surface area contributed by atoms with Crippen LogP contribution >= 0.6 is 11.6 Å². The predicted molar refractivity (Wildman–Crippen MR) is 118 cm³/mol. The van der Waals surface area contributed by atoms with Gasteiger partial charge in [-0.15, -0.1) is 0 Å². The zero-order valence-electron chi connectivity index (χ0n) is 16.8. The van der Waals surface area contributed by atoms with Crippen LogP contribution in [0.15, 0.2) is 35.2 Å². The quantitative estimate of drug-likeness (QED) is 0.592. The van der Waals surface area contributed by atoms with Crippen LogP contribution in [0.25, 0.3) is 22.1 Å². The number of nitrogens with zero attached hydrogens (tertiary/aromatic N) is 2. The number of hydrogen-bond acceptors (Lipinski definition) is 4. The molecule has 1 aromatic heterocycles. The summed E-state index contributed by atoms with van der Waals surface area (Å²) in [4.78, 5) is 7.78. The number of halogens is 1. The smallest absolute Gasteiger partial charge is 0.243 e. The maximum Gasteiger partial charge on any atom is 0.243 e. The Hall–Kier alpha value is -2.35. The number of fused-ring (bicyclic) bond motifs is 1. The Balaban J connectivity index is 2.00. The van der Waals surface area contributed by atoms with Gasteiger partial charge in [0.15, 0.2) is 0 Å². The van der Waals surface area contributed by atoms with Crippen LogP contribution in [0, 0.1) is 13.8 Å². The lowest BCUT2D eigenvalue weighted by Crippen LogP contribution is -2.30. The molecule has 0 saturated carbocycles. The Morgan fingerprint density at radius 3 is 2.38 bits per heavy atom. The van der Waals surface area contributed by atoms with Crippen molar-refractivity contribution in [3.05, 3.63) is 52.8 Å². The third-order valence-electron chi connectivity index (χ3n) is 4.83. The van der Waals surface area contributed by atoms with E-state index in [1.165, 1.54) is 4.31 Å². The molecular weight excluding hydrogens is 410 g/mol. The highest BCUT2D eigenvalue weighted by molar-refractivity contribution is 7.89. The summed E-state index contributed by atoms with van der Waals surface area (Å²) in [6, 6.07) is 8.48. The SMILES string of the molecule is CCN(CC)S(=O)(=O)c1ccc2nc(C(Cl)=Cc3cc(C)c(O)c(C)c3)[nH]c2c1. The molecule has 0 saturated heterocycles. The summed E-state index contributed by atoms with van der Waals surface area (Å²) >= 11 is 6.46. The van der Waals surface area contributed by atoms with Gasteiger partial charge in [0.25, 0.3) is 0 Å². The fourth-order valence-corrected chi connectivity index (χ4v) is 4.96. The molecule has 0 fully saturated rings. The van der Waals surface area contributed by atoms with Crippen molar-refractivity contribution in [1.82, 2.24) is 14.3 Å². The first-order chi connectivity index (χ1) is 13.7. The molecule has 2 aromatic carbocycles. The summed E-state index contributed by atoms with van der Waals surface area (Å²) < 4.78 is 26.9. The van der Waals surface area contributed by atoms with E-state index < -0.39 is 10.0 Å². The zero-order valence-corrected chi connectivity index (χ0v) is 18.4. The van der Waals surface area contributed by atoms with Gasteiger partial charge in [0.1, 0.15) is 11.6 Å². The monoisotopic (exact) mass is 433 g/mol. The molecule has 0 amide bonds. The highest BCUT2D eigenvalue weighted by Crippen LogP contribution is 2.28. The summed E-state index contributed by atoms with van der Waals surface area (Å²) in [5.41, 5.74) is 3.59. The summed E-state index contributed by atoms with van der Waals surface area (Å²) in [7, 11) is -3.55. The van der Waals surface area contributed by atoms with E-state index >= 15 is 0 Å². The third-order valence-corrected chi connectivity index (χ3v) is 7.16. The third kappa shape index (κ3) is 4.17. The fraction of sp³-hybridized carbons (Fsp3) is 0.286. The van der Waals surface area contributed by atoms with Crippen LogP contribution in [0.3, 0.4) is 0 Å². The summed E-state index contributed by atoms with van der Waals surface area (Å²) in [6.07, 6.45) is 1.76. The van der Waals surface area contributed by atoms with Crippen LogP contribution < -0.4 is 0 Å². The van der Waals surface area contributed by atoms with Crippen LogP contribution in [-0.2, 0) is 10.0 Å². The van der Waals surface area contributed by atoms with E-state index in [2.05, 4.69) is 9.97 Å². The molecular formula is C21H24ClN3O3S. The average Bonchev–Trinajstić information content (AvgIpc) is 3.10. The number of aromatic amines is 1. The van der Waals surface area contributed by atoms with E-state index in [9.17, 15) is 13.5 Å². The van der Waals surface area contributed by atoms with Gasteiger partial charge in [-0.2, -0.15) is 4.31 Å². The number of aromatic nitrogens is 2. The number of aryl methyl sites for hydroxylation is 2. The largest absolute Gasteiger partial charge is 0.507 e. The number of nitrogens with one attached hydrogen (secondary N) is 1. The second-order valence-electron chi connectivity index (χ2n) is 6.85. The van der Waals surface area contributed by atoms with Crippen molar-refractivity contribution < 1.29 is 13.5 Å². The number of benzene rings is 2. The number of aromatic hydroxyl groups is 1.